The number of phenols is 1. The lowest BCUT2D eigenvalue weighted by Crippen LogP contribution is -2.35. The first-order valence-corrected chi connectivity index (χ1v) is 6.98. The van der Waals surface area contributed by atoms with Gasteiger partial charge in [0.05, 0.1) is 6.42 Å². The SMILES string of the molecule is NCCN(Cc1ccccc1)C(=O)Cc1cccc(O)c1. The average molecular weight is 284 g/mol. The van der Waals surface area contributed by atoms with Crippen molar-refractivity contribution in [3.05, 3.63) is 65.7 Å². The average Bonchev–Trinajstić information content (AvgIpc) is 2.48. The predicted molar refractivity (Wildman–Crippen MR) is 82.7 cm³/mol. The smallest absolute Gasteiger partial charge is 0.227 e. The lowest BCUT2D eigenvalue weighted by atomic mass is 10.1. The van der Waals surface area contributed by atoms with Crippen LogP contribution in [0.3, 0.4) is 0 Å². The second-order valence-corrected chi connectivity index (χ2v) is 4.94. The molecule has 0 fully saturated rings. The normalized spacial score (nSPS) is 10.3. The van der Waals surface area contributed by atoms with Crippen molar-refractivity contribution in [3.63, 3.8) is 0 Å². The van der Waals surface area contributed by atoms with Crippen LogP contribution in [0.1, 0.15) is 11.1 Å². The predicted octanol–water partition coefficient (Wildman–Crippen LogP) is 1.92. The minimum atomic E-state index is 0.00917. The van der Waals surface area contributed by atoms with Gasteiger partial charge in [-0.2, -0.15) is 0 Å². The van der Waals surface area contributed by atoms with Gasteiger partial charge in [0, 0.05) is 19.6 Å². The first kappa shape index (κ1) is 15.1. The van der Waals surface area contributed by atoms with Gasteiger partial charge in [-0.25, -0.2) is 0 Å². The maximum Gasteiger partial charge on any atom is 0.227 e. The van der Waals surface area contributed by atoms with Crippen LogP contribution in [-0.4, -0.2) is 29.0 Å². The second-order valence-electron chi connectivity index (χ2n) is 4.94. The number of amides is 1. The Bertz CT molecular complexity index is 584. The van der Waals surface area contributed by atoms with Crippen molar-refractivity contribution in [1.82, 2.24) is 4.90 Å². The zero-order chi connectivity index (χ0) is 15.1. The summed E-state index contributed by atoms with van der Waals surface area (Å²) >= 11 is 0. The highest BCUT2D eigenvalue weighted by atomic mass is 16.3. The van der Waals surface area contributed by atoms with Gasteiger partial charge in [-0.05, 0) is 23.3 Å². The molecule has 110 valence electrons. The Morgan fingerprint density at radius 2 is 1.76 bits per heavy atom. The lowest BCUT2D eigenvalue weighted by Gasteiger charge is -2.22. The summed E-state index contributed by atoms with van der Waals surface area (Å²) in [4.78, 5) is 14.2. The van der Waals surface area contributed by atoms with Crippen LogP contribution < -0.4 is 5.73 Å². The van der Waals surface area contributed by atoms with E-state index in [2.05, 4.69) is 0 Å². The fraction of sp³-hybridized carbons (Fsp3) is 0.235. The maximum absolute atomic E-state index is 12.4. The number of carbonyl (C=O) groups is 1. The molecule has 4 nitrogen and oxygen atoms in total. The van der Waals surface area contributed by atoms with Crippen molar-refractivity contribution < 1.29 is 9.90 Å². The van der Waals surface area contributed by atoms with Crippen molar-refractivity contribution in [2.75, 3.05) is 13.1 Å². The van der Waals surface area contributed by atoms with Crippen LogP contribution in [-0.2, 0) is 17.8 Å². The number of aromatic hydroxyl groups is 1. The minimum Gasteiger partial charge on any atom is -0.508 e. The second kappa shape index (κ2) is 7.45. The van der Waals surface area contributed by atoms with E-state index < -0.39 is 0 Å². The molecule has 0 aliphatic carbocycles. The Morgan fingerprint density at radius 3 is 2.43 bits per heavy atom. The fourth-order valence-corrected chi connectivity index (χ4v) is 2.20. The van der Waals surface area contributed by atoms with Crippen molar-refractivity contribution in [1.29, 1.82) is 0 Å². The molecule has 0 saturated heterocycles. The third-order valence-electron chi connectivity index (χ3n) is 3.23. The summed E-state index contributed by atoms with van der Waals surface area (Å²) in [5.41, 5.74) is 7.48. The van der Waals surface area contributed by atoms with Gasteiger partial charge in [0.1, 0.15) is 5.75 Å². The summed E-state index contributed by atoms with van der Waals surface area (Å²) in [5.74, 6) is 0.184. The zero-order valence-corrected chi connectivity index (χ0v) is 11.9. The minimum absolute atomic E-state index is 0.00917. The number of phenolic OH excluding ortho intramolecular Hbond substituents is 1. The molecule has 1 amide bonds. The summed E-state index contributed by atoms with van der Waals surface area (Å²) in [5, 5.41) is 9.46. The molecule has 0 unspecified atom stereocenters. The van der Waals surface area contributed by atoms with Crippen molar-refractivity contribution in [3.8, 4) is 5.75 Å². The molecule has 0 saturated carbocycles. The molecule has 2 aromatic rings. The van der Waals surface area contributed by atoms with Gasteiger partial charge in [0.15, 0.2) is 0 Å². The van der Waals surface area contributed by atoms with Gasteiger partial charge in [0.2, 0.25) is 5.91 Å². The molecule has 0 heterocycles. The van der Waals surface area contributed by atoms with Gasteiger partial charge in [-0.15, -0.1) is 0 Å². The van der Waals surface area contributed by atoms with E-state index in [1.807, 2.05) is 36.4 Å². The van der Waals surface area contributed by atoms with Gasteiger partial charge in [0.25, 0.3) is 0 Å². The molecule has 4 heteroatoms. The third-order valence-corrected chi connectivity index (χ3v) is 3.23. The topological polar surface area (TPSA) is 66.6 Å². The molecule has 0 aliphatic heterocycles. The number of rotatable bonds is 6. The molecule has 0 bridgehead atoms. The summed E-state index contributed by atoms with van der Waals surface area (Å²) < 4.78 is 0. The third kappa shape index (κ3) is 4.61. The quantitative estimate of drug-likeness (QED) is 0.851. The number of nitrogens with two attached hydrogens (primary N) is 1. The summed E-state index contributed by atoms with van der Waals surface area (Å²) in [7, 11) is 0. The molecule has 2 rings (SSSR count). The summed E-state index contributed by atoms with van der Waals surface area (Å²) in [6.45, 7) is 1.50. The molecule has 3 N–H and O–H groups in total. The Hall–Kier alpha value is -2.33. The largest absolute Gasteiger partial charge is 0.508 e. The maximum atomic E-state index is 12.4. The Kier molecular flexibility index (Phi) is 5.35. The standard InChI is InChI=1S/C17H20N2O2/c18-9-10-19(13-14-5-2-1-3-6-14)17(21)12-15-7-4-8-16(20)11-15/h1-8,11,20H,9-10,12-13,18H2. The van der Waals surface area contributed by atoms with E-state index in [4.69, 9.17) is 5.73 Å². The van der Waals surface area contributed by atoms with E-state index >= 15 is 0 Å². The highest BCUT2D eigenvalue weighted by molar-refractivity contribution is 5.78. The van der Waals surface area contributed by atoms with E-state index in [1.54, 1.807) is 23.1 Å². The van der Waals surface area contributed by atoms with Crippen LogP contribution >= 0.6 is 0 Å². The van der Waals surface area contributed by atoms with Crippen LogP contribution in [0.5, 0.6) is 5.75 Å². The highest BCUT2D eigenvalue weighted by Gasteiger charge is 2.14. The monoisotopic (exact) mass is 284 g/mol. The summed E-state index contributed by atoms with van der Waals surface area (Å²) in [6, 6.07) is 16.6. The zero-order valence-electron chi connectivity index (χ0n) is 11.9. The molecule has 0 atom stereocenters. The van der Waals surface area contributed by atoms with E-state index in [0.29, 0.717) is 19.6 Å². The Morgan fingerprint density at radius 1 is 1.05 bits per heavy atom. The number of hydrogen-bond acceptors (Lipinski definition) is 3. The number of carbonyl (C=O) groups excluding carboxylic acids is 1. The molecular formula is C17H20N2O2. The van der Waals surface area contributed by atoms with Crippen molar-refractivity contribution in [2.24, 2.45) is 5.73 Å². The van der Waals surface area contributed by atoms with E-state index in [0.717, 1.165) is 11.1 Å². The van der Waals surface area contributed by atoms with Crippen LogP contribution in [0.15, 0.2) is 54.6 Å². The first-order valence-electron chi connectivity index (χ1n) is 6.98. The molecule has 0 spiro atoms. The van der Waals surface area contributed by atoms with Gasteiger partial charge < -0.3 is 15.7 Å². The van der Waals surface area contributed by atoms with E-state index in [9.17, 15) is 9.90 Å². The van der Waals surface area contributed by atoms with Crippen molar-refractivity contribution >= 4 is 5.91 Å². The highest BCUT2D eigenvalue weighted by Crippen LogP contribution is 2.13. The Labute approximate surface area is 124 Å². The molecule has 2 aromatic carbocycles. The van der Waals surface area contributed by atoms with Crippen LogP contribution in [0.4, 0.5) is 0 Å². The van der Waals surface area contributed by atoms with Crippen LogP contribution in [0, 0.1) is 0 Å². The molecular weight excluding hydrogens is 264 g/mol. The van der Waals surface area contributed by atoms with Gasteiger partial charge >= 0.3 is 0 Å². The van der Waals surface area contributed by atoms with Crippen LogP contribution in [0.25, 0.3) is 0 Å². The molecule has 0 aromatic heterocycles. The van der Waals surface area contributed by atoms with E-state index in [1.165, 1.54) is 0 Å². The molecule has 0 aliphatic rings. The van der Waals surface area contributed by atoms with Gasteiger partial charge in [-0.1, -0.05) is 42.5 Å². The summed E-state index contributed by atoms with van der Waals surface area (Å²) in [6.07, 6.45) is 0.265. The van der Waals surface area contributed by atoms with Crippen molar-refractivity contribution in [2.45, 2.75) is 13.0 Å². The molecule has 0 radical (unpaired) electrons. The fourth-order valence-electron chi connectivity index (χ4n) is 2.20. The lowest BCUT2D eigenvalue weighted by molar-refractivity contribution is -0.131. The van der Waals surface area contributed by atoms with Crippen LogP contribution in [0.2, 0.25) is 0 Å². The number of nitrogens with zero attached hydrogens (tertiary/aromatic N) is 1. The number of benzene rings is 2. The first-order chi connectivity index (χ1) is 10.2. The Balaban J connectivity index is 2.05. The van der Waals surface area contributed by atoms with Gasteiger partial charge in [-0.3, -0.25) is 4.79 Å². The number of hydrogen-bond donors (Lipinski definition) is 2. The molecule has 21 heavy (non-hydrogen) atoms. The van der Waals surface area contributed by atoms with E-state index in [-0.39, 0.29) is 18.1 Å².